The summed E-state index contributed by atoms with van der Waals surface area (Å²) in [5.74, 6) is 0.937. The van der Waals surface area contributed by atoms with Crippen LogP contribution in [-0.2, 0) is 7.05 Å². The Bertz CT molecular complexity index is 543. The van der Waals surface area contributed by atoms with Gasteiger partial charge in [0.25, 0.3) is 0 Å². The van der Waals surface area contributed by atoms with Crippen molar-refractivity contribution >= 4 is 17.6 Å². The molecule has 2 N–H and O–H groups in total. The molecule has 0 aliphatic carbocycles. The van der Waals surface area contributed by atoms with E-state index in [9.17, 15) is 0 Å². The van der Waals surface area contributed by atoms with Crippen LogP contribution in [0.5, 0.6) is 6.01 Å². The van der Waals surface area contributed by atoms with Crippen LogP contribution in [0, 0.1) is 0 Å². The third kappa shape index (κ3) is 4.59. The molecule has 2 heterocycles. The third-order valence-corrected chi connectivity index (χ3v) is 2.54. The molecule has 0 saturated heterocycles. The SMILES string of the molecule is CCCNc1nc(Nc2cnn(C)c2)nc(OCCC)n1. The van der Waals surface area contributed by atoms with Crippen molar-refractivity contribution in [2.45, 2.75) is 26.7 Å². The van der Waals surface area contributed by atoms with Gasteiger partial charge in [0.1, 0.15) is 0 Å². The fraction of sp³-hybridized carbons (Fsp3) is 0.538. The van der Waals surface area contributed by atoms with Crippen LogP contribution in [0.1, 0.15) is 26.7 Å². The minimum Gasteiger partial charge on any atom is -0.463 e. The van der Waals surface area contributed by atoms with Crippen LogP contribution in [0.15, 0.2) is 12.4 Å². The lowest BCUT2D eigenvalue weighted by Gasteiger charge is -2.09. The lowest BCUT2D eigenvalue weighted by atomic mass is 10.5. The molecule has 2 rings (SSSR count). The maximum absolute atomic E-state index is 5.50. The Morgan fingerprint density at radius 2 is 1.95 bits per heavy atom. The van der Waals surface area contributed by atoms with Crippen LogP contribution in [0.25, 0.3) is 0 Å². The van der Waals surface area contributed by atoms with Crippen molar-refractivity contribution in [2.24, 2.45) is 7.05 Å². The normalized spacial score (nSPS) is 10.4. The molecule has 0 fully saturated rings. The van der Waals surface area contributed by atoms with Gasteiger partial charge in [-0.25, -0.2) is 0 Å². The first-order valence-electron chi connectivity index (χ1n) is 7.09. The van der Waals surface area contributed by atoms with E-state index in [1.807, 2.05) is 20.2 Å². The lowest BCUT2D eigenvalue weighted by Crippen LogP contribution is -2.10. The van der Waals surface area contributed by atoms with Gasteiger partial charge in [0.15, 0.2) is 0 Å². The summed E-state index contributed by atoms with van der Waals surface area (Å²) in [5, 5.41) is 10.3. The molecule has 0 radical (unpaired) electrons. The van der Waals surface area contributed by atoms with E-state index >= 15 is 0 Å². The van der Waals surface area contributed by atoms with Crippen LogP contribution in [0.2, 0.25) is 0 Å². The highest BCUT2D eigenvalue weighted by Gasteiger charge is 2.08. The monoisotopic (exact) mass is 291 g/mol. The summed E-state index contributed by atoms with van der Waals surface area (Å²) < 4.78 is 7.20. The zero-order chi connectivity index (χ0) is 15.1. The van der Waals surface area contributed by atoms with Crippen molar-refractivity contribution in [2.75, 3.05) is 23.8 Å². The summed E-state index contributed by atoms with van der Waals surface area (Å²) in [6.07, 6.45) is 5.43. The maximum atomic E-state index is 5.50. The molecule has 0 aliphatic rings. The van der Waals surface area contributed by atoms with Gasteiger partial charge in [0.2, 0.25) is 11.9 Å². The molecule has 2 aromatic heterocycles. The molecule has 114 valence electrons. The zero-order valence-corrected chi connectivity index (χ0v) is 12.6. The van der Waals surface area contributed by atoms with E-state index in [0.29, 0.717) is 24.5 Å². The summed E-state index contributed by atoms with van der Waals surface area (Å²) in [6, 6.07) is 0.317. The molecular formula is C13H21N7O. The van der Waals surface area contributed by atoms with Gasteiger partial charge in [-0.05, 0) is 12.8 Å². The smallest absolute Gasteiger partial charge is 0.323 e. The number of nitrogens with one attached hydrogen (secondary N) is 2. The second-order valence-corrected chi connectivity index (χ2v) is 4.57. The average molecular weight is 291 g/mol. The average Bonchev–Trinajstić information content (AvgIpc) is 2.88. The first-order chi connectivity index (χ1) is 10.2. The second kappa shape index (κ2) is 7.41. The molecule has 0 saturated carbocycles. The molecule has 2 aromatic rings. The number of aryl methyl sites for hydroxylation is 1. The van der Waals surface area contributed by atoms with Crippen LogP contribution >= 0.6 is 0 Å². The van der Waals surface area contributed by atoms with Crippen molar-refractivity contribution in [3.8, 4) is 6.01 Å². The second-order valence-electron chi connectivity index (χ2n) is 4.57. The Labute approximate surface area is 124 Å². The molecular weight excluding hydrogens is 270 g/mol. The minimum atomic E-state index is 0.317. The number of anilines is 3. The van der Waals surface area contributed by atoms with Crippen LogP contribution in [-0.4, -0.2) is 37.9 Å². The number of rotatable bonds is 8. The zero-order valence-electron chi connectivity index (χ0n) is 12.6. The maximum Gasteiger partial charge on any atom is 0.323 e. The molecule has 8 heteroatoms. The van der Waals surface area contributed by atoms with E-state index in [1.165, 1.54) is 0 Å². The van der Waals surface area contributed by atoms with Gasteiger partial charge < -0.3 is 15.4 Å². The predicted octanol–water partition coefficient (Wildman–Crippen LogP) is 1.96. The Morgan fingerprint density at radius 1 is 1.14 bits per heavy atom. The van der Waals surface area contributed by atoms with Gasteiger partial charge in [0.05, 0.1) is 18.5 Å². The number of aromatic nitrogens is 5. The van der Waals surface area contributed by atoms with E-state index < -0.39 is 0 Å². The van der Waals surface area contributed by atoms with Crippen LogP contribution in [0.4, 0.5) is 17.6 Å². The quantitative estimate of drug-likeness (QED) is 0.768. The van der Waals surface area contributed by atoms with E-state index in [0.717, 1.165) is 25.1 Å². The Hall–Kier alpha value is -2.38. The van der Waals surface area contributed by atoms with Crippen molar-refractivity contribution < 1.29 is 4.74 Å². The highest BCUT2D eigenvalue weighted by Crippen LogP contribution is 2.16. The van der Waals surface area contributed by atoms with Crippen molar-refractivity contribution in [1.82, 2.24) is 24.7 Å². The lowest BCUT2D eigenvalue weighted by molar-refractivity contribution is 0.292. The summed E-state index contributed by atoms with van der Waals surface area (Å²) >= 11 is 0. The third-order valence-electron chi connectivity index (χ3n) is 2.54. The molecule has 0 atom stereocenters. The highest BCUT2D eigenvalue weighted by atomic mass is 16.5. The highest BCUT2D eigenvalue weighted by molar-refractivity contribution is 5.51. The number of ether oxygens (including phenoxy) is 1. The number of hydrogen-bond donors (Lipinski definition) is 2. The standard InChI is InChI=1S/C13H21N7O/c1-4-6-14-11-17-12(16-10-8-15-20(3)9-10)19-13(18-11)21-7-5-2/h8-9H,4-7H2,1-3H3,(H2,14,16,17,18,19). The summed E-state index contributed by atoms with van der Waals surface area (Å²) in [4.78, 5) is 12.8. The van der Waals surface area contributed by atoms with E-state index in [4.69, 9.17) is 4.74 Å². The number of nitrogens with zero attached hydrogens (tertiary/aromatic N) is 5. The predicted molar refractivity (Wildman–Crippen MR) is 80.9 cm³/mol. The van der Waals surface area contributed by atoms with Crippen LogP contribution in [0.3, 0.4) is 0 Å². The number of hydrogen-bond acceptors (Lipinski definition) is 7. The molecule has 8 nitrogen and oxygen atoms in total. The fourth-order valence-corrected chi connectivity index (χ4v) is 1.60. The summed E-state index contributed by atoms with van der Waals surface area (Å²) in [7, 11) is 1.85. The van der Waals surface area contributed by atoms with Gasteiger partial charge >= 0.3 is 6.01 Å². The Kier molecular flexibility index (Phi) is 5.30. The van der Waals surface area contributed by atoms with E-state index in [-0.39, 0.29) is 0 Å². The topological polar surface area (TPSA) is 89.8 Å². The van der Waals surface area contributed by atoms with Gasteiger partial charge in [0, 0.05) is 19.8 Å². The van der Waals surface area contributed by atoms with Crippen molar-refractivity contribution in [1.29, 1.82) is 0 Å². The molecule has 0 bridgehead atoms. The van der Waals surface area contributed by atoms with Gasteiger partial charge in [-0.2, -0.15) is 20.1 Å². The van der Waals surface area contributed by atoms with Crippen LogP contribution < -0.4 is 15.4 Å². The van der Waals surface area contributed by atoms with Gasteiger partial charge in [-0.15, -0.1) is 0 Å². The first kappa shape index (κ1) is 15.0. The molecule has 0 amide bonds. The Morgan fingerprint density at radius 3 is 2.62 bits per heavy atom. The molecule has 0 unspecified atom stereocenters. The Balaban J connectivity index is 2.16. The first-order valence-corrected chi connectivity index (χ1v) is 7.09. The van der Waals surface area contributed by atoms with Gasteiger partial charge in [-0.1, -0.05) is 13.8 Å². The molecule has 0 aliphatic heterocycles. The minimum absolute atomic E-state index is 0.317. The fourth-order valence-electron chi connectivity index (χ4n) is 1.60. The van der Waals surface area contributed by atoms with Crippen molar-refractivity contribution in [3.05, 3.63) is 12.4 Å². The largest absolute Gasteiger partial charge is 0.463 e. The molecule has 0 spiro atoms. The van der Waals surface area contributed by atoms with Gasteiger partial charge in [-0.3, -0.25) is 4.68 Å². The van der Waals surface area contributed by atoms with E-state index in [1.54, 1.807) is 10.9 Å². The molecule has 21 heavy (non-hydrogen) atoms. The van der Waals surface area contributed by atoms with Crippen molar-refractivity contribution in [3.63, 3.8) is 0 Å². The van der Waals surface area contributed by atoms with E-state index in [2.05, 4.69) is 37.6 Å². The summed E-state index contributed by atoms with van der Waals surface area (Å²) in [6.45, 7) is 5.48. The summed E-state index contributed by atoms with van der Waals surface area (Å²) in [5.41, 5.74) is 0.812. The molecule has 0 aromatic carbocycles.